The maximum atomic E-state index is 12.1. The lowest BCUT2D eigenvalue weighted by molar-refractivity contribution is 0.574. The van der Waals surface area contributed by atoms with Gasteiger partial charge in [0, 0.05) is 18.4 Å². The third kappa shape index (κ3) is 2.00. The molecule has 1 aromatic heterocycles. The van der Waals surface area contributed by atoms with Gasteiger partial charge in [-0.1, -0.05) is 6.07 Å². The summed E-state index contributed by atoms with van der Waals surface area (Å²) in [7, 11) is 0. The molecule has 0 unspecified atom stereocenters. The molecule has 0 aliphatic rings. The van der Waals surface area contributed by atoms with Crippen LogP contribution in [0.2, 0.25) is 0 Å². The van der Waals surface area contributed by atoms with Crippen LogP contribution in [0.1, 0.15) is 25.5 Å². The van der Waals surface area contributed by atoms with E-state index in [1.807, 2.05) is 19.9 Å². The first-order valence-corrected chi connectivity index (χ1v) is 5.43. The minimum atomic E-state index is -0.0879. The quantitative estimate of drug-likeness (QED) is 0.788. The highest BCUT2D eigenvalue weighted by molar-refractivity contribution is 5.41. The van der Waals surface area contributed by atoms with Gasteiger partial charge in [-0.05, 0) is 32.0 Å². The molecule has 0 atom stereocenters. The van der Waals surface area contributed by atoms with Crippen molar-refractivity contribution in [2.24, 2.45) is 0 Å². The summed E-state index contributed by atoms with van der Waals surface area (Å²) in [5.41, 5.74) is 1.18. The molecule has 4 heteroatoms. The Morgan fingerprint density at radius 1 is 1.29 bits per heavy atom. The second-order valence-electron chi connectivity index (χ2n) is 4.11. The number of hydrogen-bond donors (Lipinski definition) is 0. The molecule has 0 saturated heterocycles. The summed E-state index contributed by atoms with van der Waals surface area (Å²) in [5.74, 6) is 0. The summed E-state index contributed by atoms with van der Waals surface area (Å²) in [6.07, 6.45) is 3.48. The van der Waals surface area contributed by atoms with Crippen molar-refractivity contribution in [1.29, 1.82) is 5.26 Å². The second kappa shape index (κ2) is 4.30. The number of rotatable bonds is 2. The van der Waals surface area contributed by atoms with Crippen LogP contribution in [0.25, 0.3) is 5.69 Å². The van der Waals surface area contributed by atoms with Crippen LogP contribution >= 0.6 is 0 Å². The molecule has 0 aliphatic heterocycles. The third-order valence-corrected chi connectivity index (χ3v) is 2.61. The summed E-state index contributed by atoms with van der Waals surface area (Å²) >= 11 is 0. The largest absolute Gasteiger partial charge is 0.332 e. The van der Waals surface area contributed by atoms with Crippen LogP contribution in [-0.4, -0.2) is 9.13 Å². The van der Waals surface area contributed by atoms with Gasteiger partial charge in [0.2, 0.25) is 0 Å². The van der Waals surface area contributed by atoms with E-state index in [9.17, 15) is 4.79 Å². The maximum absolute atomic E-state index is 12.1. The molecule has 0 spiro atoms. The number of imidazole rings is 1. The molecule has 4 nitrogen and oxygen atoms in total. The fourth-order valence-corrected chi connectivity index (χ4v) is 1.71. The van der Waals surface area contributed by atoms with E-state index >= 15 is 0 Å². The van der Waals surface area contributed by atoms with Crippen molar-refractivity contribution >= 4 is 0 Å². The lowest BCUT2D eigenvalue weighted by atomic mass is 10.2. The Morgan fingerprint density at radius 2 is 2.06 bits per heavy atom. The molecular formula is C13H13N3O. The summed E-state index contributed by atoms with van der Waals surface area (Å²) < 4.78 is 3.19. The van der Waals surface area contributed by atoms with Gasteiger partial charge >= 0.3 is 5.69 Å². The zero-order valence-electron chi connectivity index (χ0n) is 9.79. The Morgan fingerprint density at radius 3 is 2.65 bits per heavy atom. The number of benzene rings is 1. The standard InChI is InChI=1S/C13H13N3O/c1-10(2)15-6-7-16(13(15)17)12-5-3-4-11(8-12)9-14/h3-8,10H,1-2H3. The number of nitriles is 1. The van der Waals surface area contributed by atoms with E-state index in [-0.39, 0.29) is 11.7 Å². The predicted molar refractivity (Wildman–Crippen MR) is 65.1 cm³/mol. The Hall–Kier alpha value is -2.28. The van der Waals surface area contributed by atoms with E-state index in [1.165, 1.54) is 0 Å². The van der Waals surface area contributed by atoms with Crippen LogP contribution in [-0.2, 0) is 0 Å². The van der Waals surface area contributed by atoms with E-state index in [1.54, 1.807) is 39.7 Å². The fourth-order valence-electron chi connectivity index (χ4n) is 1.71. The lowest BCUT2D eigenvalue weighted by Gasteiger charge is -2.05. The number of aromatic nitrogens is 2. The van der Waals surface area contributed by atoms with Crippen LogP contribution in [0.5, 0.6) is 0 Å². The van der Waals surface area contributed by atoms with Crippen LogP contribution in [0.15, 0.2) is 41.5 Å². The molecule has 0 amide bonds. The van der Waals surface area contributed by atoms with Crippen molar-refractivity contribution in [3.63, 3.8) is 0 Å². The fraction of sp³-hybridized carbons (Fsp3) is 0.231. The van der Waals surface area contributed by atoms with E-state index in [4.69, 9.17) is 5.26 Å². The minimum Gasteiger partial charge on any atom is -0.296 e. The molecule has 0 radical (unpaired) electrons. The molecular weight excluding hydrogens is 214 g/mol. The second-order valence-corrected chi connectivity index (χ2v) is 4.11. The van der Waals surface area contributed by atoms with Gasteiger partial charge in [0.1, 0.15) is 0 Å². The molecule has 0 fully saturated rings. The van der Waals surface area contributed by atoms with Crippen molar-refractivity contribution in [1.82, 2.24) is 9.13 Å². The first-order valence-electron chi connectivity index (χ1n) is 5.43. The Kier molecular flexibility index (Phi) is 2.84. The van der Waals surface area contributed by atoms with Crippen molar-refractivity contribution in [2.75, 3.05) is 0 Å². The monoisotopic (exact) mass is 227 g/mol. The van der Waals surface area contributed by atoms with Gasteiger partial charge < -0.3 is 0 Å². The van der Waals surface area contributed by atoms with E-state index in [0.29, 0.717) is 11.3 Å². The smallest absolute Gasteiger partial charge is 0.296 e. The minimum absolute atomic E-state index is 0.0879. The molecule has 17 heavy (non-hydrogen) atoms. The van der Waals surface area contributed by atoms with Crippen molar-refractivity contribution < 1.29 is 0 Å². The Balaban J connectivity index is 2.54. The van der Waals surface area contributed by atoms with E-state index in [0.717, 1.165) is 0 Å². The molecule has 2 aromatic rings. The SMILES string of the molecule is CC(C)n1ccn(-c2cccc(C#N)c2)c1=O. The van der Waals surface area contributed by atoms with Gasteiger partial charge in [-0.3, -0.25) is 9.13 Å². The first-order chi connectivity index (χ1) is 8.13. The average molecular weight is 227 g/mol. The molecule has 0 aliphatic carbocycles. The van der Waals surface area contributed by atoms with Gasteiger partial charge in [-0.2, -0.15) is 5.26 Å². The van der Waals surface area contributed by atoms with Gasteiger partial charge in [0.05, 0.1) is 17.3 Å². The van der Waals surface area contributed by atoms with Crippen LogP contribution in [0.3, 0.4) is 0 Å². The predicted octanol–water partition coefficient (Wildman–Crippen LogP) is 2.09. The Bertz CT molecular complexity index is 629. The topological polar surface area (TPSA) is 50.7 Å². The van der Waals surface area contributed by atoms with Crippen molar-refractivity contribution in [3.05, 3.63) is 52.7 Å². The lowest BCUT2D eigenvalue weighted by Crippen LogP contribution is -2.24. The number of nitrogens with zero attached hydrogens (tertiary/aromatic N) is 3. The highest BCUT2D eigenvalue weighted by Crippen LogP contribution is 2.09. The highest BCUT2D eigenvalue weighted by atomic mass is 16.1. The van der Waals surface area contributed by atoms with Gasteiger partial charge in [0.15, 0.2) is 0 Å². The summed E-state index contributed by atoms with van der Waals surface area (Å²) in [6, 6.07) is 9.19. The molecule has 0 bridgehead atoms. The summed E-state index contributed by atoms with van der Waals surface area (Å²) in [4.78, 5) is 12.1. The maximum Gasteiger partial charge on any atom is 0.332 e. The molecule has 0 N–H and O–H groups in total. The van der Waals surface area contributed by atoms with Crippen LogP contribution < -0.4 is 5.69 Å². The normalized spacial score (nSPS) is 10.5. The summed E-state index contributed by atoms with van der Waals surface area (Å²) in [6.45, 7) is 3.91. The zero-order chi connectivity index (χ0) is 12.4. The van der Waals surface area contributed by atoms with E-state index < -0.39 is 0 Å². The highest BCUT2D eigenvalue weighted by Gasteiger charge is 2.07. The molecule has 1 heterocycles. The van der Waals surface area contributed by atoms with E-state index in [2.05, 4.69) is 6.07 Å². The molecule has 1 aromatic carbocycles. The van der Waals surface area contributed by atoms with Gasteiger partial charge in [-0.25, -0.2) is 4.79 Å². The molecule has 2 rings (SSSR count). The third-order valence-electron chi connectivity index (χ3n) is 2.61. The average Bonchev–Trinajstić information content (AvgIpc) is 2.71. The zero-order valence-corrected chi connectivity index (χ0v) is 9.79. The van der Waals surface area contributed by atoms with Crippen molar-refractivity contribution in [3.8, 4) is 11.8 Å². The van der Waals surface area contributed by atoms with Crippen LogP contribution in [0.4, 0.5) is 0 Å². The van der Waals surface area contributed by atoms with Crippen LogP contribution in [0, 0.1) is 11.3 Å². The number of hydrogen-bond acceptors (Lipinski definition) is 2. The van der Waals surface area contributed by atoms with Gasteiger partial charge in [-0.15, -0.1) is 0 Å². The van der Waals surface area contributed by atoms with Gasteiger partial charge in [0.25, 0.3) is 0 Å². The molecule has 86 valence electrons. The first kappa shape index (κ1) is 11.2. The molecule has 0 saturated carbocycles. The van der Waals surface area contributed by atoms with Crippen molar-refractivity contribution in [2.45, 2.75) is 19.9 Å². The Labute approximate surface area is 99.4 Å². The summed E-state index contributed by atoms with van der Waals surface area (Å²) in [5, 5.41) is 8.83.